The number of nitrogens with zero attached hydrogens (tertiary/aromatic N) is 3. The Labute approximate surface area is 251 Å². The molecule has 2 aliphatic rings. The average molecular weight is 643 g/mol. The van der Waals surface area contributed by atoms with Gasteiger partial charge in [-0.3, -0.25) is 9.69 Å². The van der Waals surface area contributed by atoms with Gasteiger partial charge in [-0.15, -0.1) is 13.2 Å². The summed E-state index contributed by atoms with van der Waals surface area (Å²) in [6.45, 7) is 1.40. The van der Waals surface area contributed by atoms with Crippen LogP contribution in [0.2, 0.25) is 0 Å². The number of sulfone groups is 1. The number of hydrogen-bond acceptors (Lipinski definition) is 8. The molecule has 1 aliphatic heterocycles. The van der Waals surface area contributed by atoms with E-state index in [4.69, 9.17) is 9.90 Å². The fourth-order valence-corrected chi connectivity index (χ4v) is 7.17. The lowest BCUT2D eigenvalue weighted by Crippen LogP contribution is -2.49. The fraction of sp³-hybridized carbons (Fsp3) is 0.414. The van der Waals surface area contributed by atoms with E-state index in [1.165, 1.54) is 36.8 Å². The molecule has 1 aromatic heterocycles. The van der Waals surface area contributed by atoms with E-state index in [0.717, 1.165) is 37.6 Å². The predicted molar refractivity (Wildman–Crippen MR) is 150 cm³/mol. The molecule has 5 rings (SSSR count). The van der Waals surface area contributed by atoms with Crippen LogP contribution in [0.25, 0.3) is 0 Å². The Kier molecular flexibility index (Phi) is 10.7. The van der Waals surface area contributed by atoms with Gasteiger partial charge in [0.05, 0.1) is 17.1 Å². The van der Waals surface area contributed by atoms with Crippen LogP contribution in [0.15, 0.2) is 59.9 Å². The highest BCUT2D eigenvalue weighted by Gasteiger charge is 2.37. The van der Waals surface area contributed by atoms with Gasteiger partial charge in [0.2, 0.25) is 0 Å². The van der Waals surface area contributed by atoms with Crippen LogP contribution in [0.5, 0.6) is 5.75 Å². The highest BCUT2D eigenvalue weighted by molar-refractivity contribution is 7.90. The van der Waals surface area contributed by atoms with E-state index in [1.54, 1.807) is 6.07 Å². The van der Waals surface area contributed by atoms with Gasteiger partial charge in [-0.2, -0.15) is 0 Å². The topological polar surface area (TPSA) is 122 Å². The van der Waals surface area contributed by atoms with Crippen LogP contribution in [-0.2, 0) is 20.4 Å². The summed E-state index contributed by atoms with van der Waals surface area (Å²) < 4.78 is 98.3. The molecule has 2 fully saturated rings. The van der Waals surface area contributed by atoms with Crippen LogP contribution < -0.4 is 10.1 Å². The third kappa shape index (κ3) is 8.62. The van der Waals surface area contributed by atoms with Gasteiger partial charge in [0.15, 0.2) is 9.84 Å². The van der Waals surface area contributed by atoms with Gasteiger partial charge in [-0.05, 0) is 80.9 Å². The van der Waals surface area contributed by atoms with Crippen molar-refractivity contribution in [1.82, 2.24) is 14.9 Å². The zero-order valence-electron chi connectivity index (χ0n) is 23.4. The molecule has 0 unspecified atom stereocenters. The van der Waals surface area contributed by atoms with Crippen LogP contribution >= 0.6 is 0 Å². The van der Waals surface area contributed by atoms with Crippen molar-refractivity contribution in [2.24, 2.45) is 0 Å². The average Bonchev–Trinajstić information content (AvgIpc) is 3.50. The number of carbonyl (C=O) groups is 1. The zero-order valence-corrected chi connectivity index (χ0v) is 24.2. The van der Waals surface area contributed by atoms with Gasteiger partial charge in [0, 0.05) is 24.3 Å². The van der Waals surface area contributed by atoms with Gasteiger partial charge in [0.1, 0.15) is 28.6 Å². The summed E-state index contributed by atoms with van der Waals surface area (Å²) in [4.78, 5) is 17.5. The first kappa shape index (κ1) is 33.1. The third-order valence-corrected chi connectivity index (χ3v) is 9.33. The number of halogens is 5. The number of rotatable bonds is 8. The minimum atomic E-state index is -4.79. The van der Waals surface area contributed by atoms with Crippen molar-refractivity contribution in [3.05, 3.63) is 77.9 Å². The number of hydrogen-bond donors (Lipinski definition) is 2. The smallest absolute Gasteiger partial charge is 0.483 e. The molecule has 44 heavy (non-hydrogen) atoms. The summed E-state index contributed by atoms with van der Waals surface area (Å²) in [5.74, 6) is -2.90. The Morgan fingerprint density at radius 1 is 1.07 bits per heavy atom. The second-order valence-corrected chi connectivity index (χ2v) is 12.5. The number of likely N-dealkylation sites (tertiary alicyclic amines) is 1. The Hall–Kier alpha value is -3.85. The van der Waals surface area contributed by atoms with E-state index < -0.39 is 38.5 Å². The molecule has 1 aliphatic carbocycles. The molecule has 0 spiro atoms. The van der Waals surface area contributed by atoms with E-state index >= 15 is 8.78 Å². The maximum atomic E-state index is 15.2. The molecule has 3 aromatic rings. The number of carboxylic acid groups (broad SMARTS) is 1. The molecular formula is C29H31F5N4O5S. The van der Waals surface area contributed by atoms with Crippen LogP contribution in [0.1, 0.15) is 49.3 Å². The first-order valence-electron chi connectivity index (χ1n) is 13.8. The molecule has 9 nitrogen and oxygen atoms in total. The quantitative estimate of drug-likeness (QED) is 0.241. The first-order valence-corrected chi connectivity index (χ1v) is 15.5. The number of nitrogens with one attached hydrogen (secondary N) is 1. The van der Waals surface area contributed by atoms with Crippen LogP contribution in [0.3, 0.4) is 0 Å². The van der Waals surface area contributed by atoms with Crippen molar-refractivity contribution in [2.45, 2.75) is 67.1 Å². The summed E-state index contributed by atoms with van der Waals surface area (Å²) in [7, 11) is -4.22. The summed E-state index contributed by atoms with van der Waals surface area (Å²) in [5, 5.41) is 10.0. The molecule has 0 radical (unpaired) electrons. The van der Waals surface area contributed by atoms with Gasteiger partial charge < -0.3 is 15.2 Å². The van der Waals surface area contributed by atoms with Gasteiger partial charge in [0.25, 0.3) is 6.47 Å². The normalized spacial score (nSPS) is 20.8. The van der Waals surface area contributed by atoms with Gasteiger partial charge in [-0.1, -0.05) is 12.1 Å². The molecule has 238 valence electrons. The second-order valence-electron chi connectivity index (χ2n) is 10.5. The summed E-state index contributed by atoms with van der Waals surface area (Å²) >= 11 is 0. The van der Waals surface area contributed by atoms with E-state index in [-0.39, 0.29) is 41.6 Å². The Balaban J connectivity index is 0.00000141. The minimum Gasteiger partial charge on any atom is -0.483 e. The highest BCUT2D eigenvalue weighted by Crippen LogP contribution is 2.39. The number of benzene rings is 2. The van der Waals surface area contributed by atoms with E-state index in [0.29, 0.717) is 25.3 Å². The summed E-state index contributed by atoms with van der Waals surface area (Å²) in [6, 6.07) is 8.55. The Bertz CT molecular complexity index is 1520. The standard InChI is InChI=1S/C28H29F5N4O3S.CH2O2/c29-22-15-27(41(38,39)16-20-8-9-34-17-35-20)23(30)14-25(22)36-24-7-6-19(13-26(24)37-10-1-2-11-37)18-4-3-5-21(12-18)40-28(31,32)33;2-1-3/h3-5,8-9,12,14-15,17,19,24,26,36H,1-2,6-7,10-11,13,16H2;1H,(H,2,3)/t19-,24-,26-;/m0./s1. The maximum Gasteiger partial charge on any atom is 0.573 e. The predicted octanol–water partition coefficient (Wildman–Crippen LogP) is 5.54. The molecule has 0 amide bonds. The number of aromatic nitrogens is 2. The lowest BCUT2D eigenvalue weighted by atomic mass is 9.78. The van der Waals surface area contributed by atoms with Gasteiger partial charge >= 0.3 is 6.36 Å². The molecular weight excluding hydrogens is 611 g/mol. The number of ether oxygens (including phenoxy) is 1. The lowest BCUT2D eigenvalue weighted by Gasteiger charge is -2.42. The van der Waals surface area contributed by atoms with E-state index in [2.05, 4.69) is 24.9 Å². The van der Waals surface area contributed by atoms with Crippen LogP contribution in [-0.4, -0.2) is 66.4 Å². The molecule has 1 saturated carbocycles. The second kappa shape index (κ2) is 14.3. The van der Waals surface area contributed by atoms with Crippen molar-refractivity contribution in [1.29, 1.82) is 0 Å². The molecule has 2 heterocycles. The maximum absolute atomic E-state index is 15.2. The monoisotopic (exact) mass is 642 g/mol. The summed E-state index contributed by atoms with van der Waals surface area (Å²) in [5.41, 5.74) is 0.740. The lowest BCUT2D eigenvalue weighted by molar-refractivity contribution is -0.274. The van der Waals surface area contributed by atoms with Crippen LogP contribution in [0, 0.1) is 11.6 Å². The number of anilines is 1. The van der Waals surface area contributed by atoms with Crippen molar-refractivity contribution in [3.63, 3.8) is 0 Å². The molecule has 2 N–H and O–H groups in total. The fourth-order valence-electron chi connectivity index (χ4n) is 5.81. The molecule has 0 bridgehead atoms. The SMILES string of the molecule is O=CO.O=S(=O)(Cc1ccncn1)c1cc(F)c(N[C@H]2CC[C@H](c3cccc(OC(F)(F)F)c3)C[C@@H]2N2CCCC2)cc1F. The Morgan fingerprint density at radius 2 is 1.80 bits per heavy atom. The molecule has 15 heteroatoms. The van der Waals surface area contributed by atoms with E-state index in [1.807, 2.05) is 0 Å². The largest absolute Gasteiger partial charge is 0.573 e. The third-order valence-electron chi connectivity index (χ3n) is 7.67. The zero-order chi connectivity index (χ0) is 31.9. The van der Waals surface area contributed by atoms with Crippen molar-refractivity contribution < 1.29 is 45.0 Å². The van der Waals surface area contributed by atoms with Gasteiger partial charge in [-0.25, -0.2) is 27.2 Å². The van der Waals surface area contributed by atoms with Crippen molar-refractivity contribution in [3.8, 4) is 5.75 Å². The van der Waals surface area contributed by atoms with Crippen LogP contribution in [0.4, 0.5) is 27.6 Å². The first-order chi connectivity index (χ1) is 20.9. The van der Waals surface area contributed by atoms with E-state index in [9.17, 15) is 21.6 Å². The molecule has 3 atom stereocenters. The van der Waals surface area contributed by atoms with Crippen molar-refractivity contribution >= 4 is 22.0 Å². The highest BCUT2D eigenvalue weighted by atomic mass is 32.2. The number of alkyl halides is 3. The minimum absolute atomic E-state index is 0.0497. The Morgan fingerprint density at radius 3 is 2.45 bits per heavy atom. The molecule has 2 aromatic carbocycles. The molecule has 1 saturated heterocycles. The summed E-state index contributed by atoms with van der Waals surface area (Å²) in [6.07, 6.45) is 1.48. The van der Waals surface area contributed by atoms with Crippen molar-refractivity contribution in [2.75, 3.05) is 18.4 Å².